The number of benzene rings is 2. The van der Waals surface area contributed by atoms with Crippen molar-refractivity contribution in [3.8, 4) is 5.75 Å². The Bertz CT molecular complexity index is 717. The van der Waals surface area contributed by atoms with Crippen LogP contribution >= 0.6 is 0 Å². The molecule has 2 aromatic rings. The fraction of sp³-hybridized carbons (Fsp3) is 0.350. The quantitative estimate of drug-likeness (QED) is 0.782. The van der Waals surface area contributed by atoms with E-state index in [0.29, 0.717) is 17.9 Å². The standard InChI is InChI=1S/C20H23NO4/c1-23-18-12-16(8-9-17(18)20(22)24-2)19-14-21(10-11-25-19)13-15-6-4-3-5-7-15/h3-9,12,19H,10-11,13-14H2,1-2H3. The summed E-state index contributed by atoms with van der Waals surface area (Å²) in [7, 11) is 2.91. The topological polar surface area (TPSA) is 48.0 Å². The van der Waals surface area contributed by atoms with E-state index >= 15 is 0 Å². The Morgan fingerprint density at radius 1 is 1.20 bits per heavy atom. The lowest BCUT2D eigenvalue weighted by Gasteiger charge is -2.33. The SMILES string of the molecule is COC(=O)c1ccc(C2CN(Cc3ccccc3)CCO2)cc1OC. The van der Waals surface area contributed by atoms with Crippen LogP contribution in [0.25, 0.3) is 0 Å². The number of hydrogen-bond donors (Lipinski definition) is 0. The summed E-state index contributed by atoms with van der Waals surface area (Å²) in [6.45, 7) is 3.29. The van der Waals surface area contributed by atoms with Gasteiger partial charge in [-0.1, -0.05) is 36.4 Å². The van der Waals surface area contributed by atoms with E-state index in [1.165, 1.54) is 12.7 Å². The zero-order valence-electron chi connectivity index (χ0n) is 14.6. The second-order valence-corrected chi connectivity index (χ2v) is 6.03. The molecule has 3 rings (SSSR count). The van der Waals surface area contributed by atoms with Crippen LogP contribution in [0, 0.1) is 0 Å². The van der Waals surface area contributed by atoms with Crippen molar-refractivity contribution < 1.29 is 19.0 Å². The fourth-order valence-corrected chi connectivity index (χ4v) is 3.08. The highest BCUT2D eigenvalue weighted by Gasteiger charge is 2.24. The molecule has 5 heteroatoms. The van der Waals surface area contributed by atoms with E-state index in [4.69, 9.17) is 14.2 Å². The highest BCUT2D eigenvalue weighted by atomic mass is 16.5. The average molecular weight is 341 g/mol. The van der Waals surface area contributed by atoms with Crippen LogP contribution < -0.4 is 4.74 Å². The van der Waals surface area contributed by atoms with E-state index in [2.05, 4.69) is 29.2 Å². The van der Waals surface area contributed by atoms with Crippen molar-refractivity contribution in [2.45, 2.75) is 12.6 Å². The minimum Gasteiger partial charge on any atom is -0.496 e. The predicted molar refractivity (Wildman–Crippen MR) is 94.7 cm³/mol. The number of morpholine rings is 1. The summed E-state index contributed by atoms with van der Waals surface area (Å²) in [6.07, 6.45) is -0.0435. The summed E-state index contributed by atoms with van der Waals surface area (Å²) in [5, 5.41) is 0. The van der Waals surface area contributed by atoms with Gasteiger partial charge in [-0.15, -0.1) is 0 Å². The lowest BCUT2D eigenvalue weighted by molar-refractivity contribution is -0.0330. The van der Waals surface area contributed by atoms with Crippen molar-refractivity contribution in [3.05, 3.63) is 65.2 Å². The maximum absolute atomic E-state index is 11.8. The van der Waals surface area contributed by atoms with Crippen molar-refractivity contribution in [1.29, 1.82) is 0 Å². The molecule has 0 N–H and O–H groups in total. The Kier molecular flexibility index (Phi) is 5.68. The van der Waals surface area contributed by atoms with Gasteiger partial charge in [-0.25, -0.2) is 4.79 Å². The average Bonchev–Trinajstić information content (AvgIpc) is 2.68. The maximum Gasteiger partial charge on any atom is 0.341 e. The molecule has 0 aromatic heterocycles. The molecule has 1 atom stereocenters. The largest absolute Gasteiger partial charge is 0.496 e. The molecule has 1 fully saturated rings. The minimum atomic E-state index is -0.404. The second kappa shape index (κ2) is 8.14. The third-order valence-electron chi connectivity index (χ3n) is 4.40. The van der Waals surface area contributed by atoms with Gasteiger partial charge in [0.2, 0.25) is 0 Å². The molecule has 132 valence electrons. The Balaban J connectivity index is 1.73. The van der Waals surface area contributed by atoms with Crippen molar-refractivity contribution >= 4 is 5.97 Å². The first-order valence-corrected chi connectivity index (χ1v) is 8.35. The molecule has 25 heavy (non-hydrogen) atoms. The first-order chi connectivity index (χ1) is 12.2. The van der Waals surface area contributed by atoms with E-state index in [0.717, 1.165) is 25.2 Å². The lowest BCUT2D eigenvalue weighted by Crippen LogP contribution is -2.37. The van der Waals surface area contributed by atoms with Gasteiger partial charge in [-0.05, 0) is 23.3 Å². The van der Waals surface area contributed by atoms with Crippen LogP contribution in [-0.4, -0.2) is 44.8 Å². The van der Waals surface area contributed by atoms with E-state index in [9.17, 15) is 4.79 Å². The monoisotopic (exact) mass is 341 g/mol. The van der Waals surface area contributed by atoms with Gasteiger partial charge in [0, 0.05) is 19.6 Å². The highest BCUT2D eigenvalue weighted by Crippen LogP contribution is 2.29. The van der Waals surface area contributed by atoms with E-state index in [1.807, 2.05) is 18.2 Å². The fourth-order valence-electron chi connectivity index (χ4n) is 3.08. The molecule has 0 radical (unpaired) electrons. The van der Waals surface area contributed by atoms with Gasteiger partial charge in [-0.3, -0.25) is 4.90 Å². The van der Waals surface area contributed by atoms with Gasteiger partial charge < -0.3 is 14.2 Å². The van der Waals surface area contributed by atoms with Crippen LogP contribution in [0.15, 0.2) is 48.5 Å². The van der Waals surface area contributed by atoms with Crippen LogP contribution in [0.2, 0.25) is 0 Å². The summed E-state index contributed by atoms with van der Waals surface area (Å²) in [6, 6.07) is 15.9. The molecule has 0 saturated carbocycles. The number of esters is 1. The summed E-state index contributed by atoms with van der Waals surface area (Å²) in [4.78, 5) is 14.2. The van der Waals surface area contributed by atoms with Crippen LogP contribution in [-0.2, 0) is 16.0 Å². The van der Waals surface area contributed by atoms with Crippen molar-refractivity contribution in [1.82, 2.24) is 4.90 Å². The Morgan fingerprint density at radius 3 is 2.72 bits per heavy atom. The number of methoxy groups -OCH3 is 2. The number of rotatable bonds is 5. The molecular weight excluding hydrogens is 318 g/mol. The van der Waals surface area contributed by atoms with Gasteiger partial charge in [-0.2, -0.15) is 0 Å². The van der Waals surface area contributed by atoms with Crippen LogP contribution in [0.5, 0.6) is 5.75 Å². The molecule has 0 spiro atoms. The summed E-state index contributed by atoms with van der Waals surface area (Å²) >= 11 is 0. The number of ether oxygens (including phenoxy) is 3. The zero-order chi connectivity index (χ0) is 17.6. The van der Waals surface area contributed by atoms with Crippen LogP contribution in [0.4, 0.5) is 0 Å². The smallest absolute Gasteiger partial charge is 0.341 e. The number of nitrogens with zero attached hydrogens (tertiary/aromatic N) is 1. The lowest BCUT2D eigenvalue weighted by atomic mass is 10.0. The van der Waals surface area contributed by atoms with E-state index < -0.39 is 5.97 Å². The van der Waals surface area contributed by atoms with Gasteiger partial charge in [0.05, 0.1) is 26.9 Å². The van der Waals surface area contributed by atoms with Crippen molar-refractivity contribution in [2.75, 3.05) is 33.9 Å². The number of carbonyl (C=O) groups excluding carboxylic acids is 1. The van der Waals surface area contributed by atoms with Gasteiger partial charge in [0.15, 0.2) is 0 Å². The normalized spacial score (nSPS) is 17.9. The molecule has 0 amide bonds. The Hall–Kier alpha value is -2.37. The first-order valence-electron chi connectivity index (χ1n) is 8.35. The number of hydrogen-bond acceptors (Lipinski definition) is 5. The molecule has 2 aromatic carbocycles. The van der Waals surface area contributed by atoms with E-state index in [-0.39, 0.29) is 6.10 Å². The first kappa shape index (κ1) is 17.5. The van der Waals surface area contributed by atoms with E-state index in [1.54, 1.807) is 13.2 Å². The zero-order valence-corrected chi connectivity index (χ0v) is 14.6. The summed E-state index contributed by atoms with van der Waals surface area (Å²) < 4.78 is 16.1. The molecule has 0 bridgehead atoms. The van der Waals surface area contributed by atoms with Gasteiger partial charge in [0.25, 0.3) is 0 Å². The summed E-state index contributed by atoms with van der Waals surface area (Å²) in [5.74, 6) is 0.104. The molecule has 0 aliphatic carbocycles. The Morgan fingerprint density at radius 2 is 2.00 bits per heavy atom. The number of carbonyl (C=O) groups is 1. The summed E-state index contributed by atoms with van der Waals surface area (Å²) in [5.41, 5.74) is 2.72. The molecule has 1 aliphatic rings. The third kappa shape index (κ3) is 4.18. The molecule has 1 heterocycles. The maximum atomic E-state index is 11.8. The molecule has 1 unspecified atom stereocenters. The molecule has 5 nitrogen and oxygen atoms in total. The van der Waals surface area contributed by atoms with Crippen LogP contribution in [0.1, 0.15) is 27.6 Å². The van der Waals surface area contributed by atoms with Crippen molar-refractivity contribution in [3.63, 3.8) is 0 Å². The van der Waals surface area contributed by atoms with Crippen LogP contribution in [0.3, 0.4) is 0 Å². The molecule has 1 aliphatic heterocycles. The van der Waals surface area contributed by atoms with Gasteiger partial charge >= 0.3 is 5.97 Å². The molecular formula is C20H23NO4. The van der Waals surface area contributed by atoms with Gasteiger partial charge in [0.1, 0.15) is 11.3 Å². The second-order valence-electron chi connectivity index (χ2n) is 6.03. The Labute approximate surface area is 148 Å². The predicted octanol–water partition coefficient (Wildman–Crippen LogP) is 3.06. The molecule has 1 saturated heterocycles. The van der Waals surface area contributed by atoms with Crippen molar-refractivity contribution in [2.24, 2.45) is 0 Å². The minimum absolute atomic E-state index is 0.0435. The third-order valence-corrected chi connectivity index (χ3v) is 4.40. The highest BCUT2D eigenvalue weighted by molar-refractivity contribution is 5.92.